The molecular weight excluding hydrogens is 154 g/mol. The predicted octanol–water partition coefficient (Wildman–Crippen LogP) is 1.29. The summed E-state index contributed by atoms with van der Waals surface area (Å²) < 4.78 is 30.1. The van der Waals surface area contributed by atoms with Crippen LogP contribution in [-0.4, -0.2) is 20.3 Å². The Morgan fingerprint density at radius 3 is 2.75 bits per heavy atom. The van der Waals surface area contributed by atoms with Gasteiger partial charge in [-0.15, -0.1) is 0 Å². The fraction of sp³-hybridized carbons (Fsp3) is 0.333. The Hall–Kier alpha value is -1.22. The lowest BCUT2D eigenvalue weighted by molar-refractivity contribution is 0.146. The molecule has 0 fully saturated rings. The number of ether oxygens (including phenoxy) is 2. The Bertz CT molecular complexity index is 297. The van der Waals surface area contributed by atoms with Crippen molar-refractivity contribution in [2.24, 2.45) is 0 Å². The minimum Gasteiger partial charge on any atom is -0.491 e. The highest BCUT2D eigenvalue weighted by molar-refractivity contribution is 5.41. The van der Waals surface area contributed by atoms with Gasteiger partial charge in [0.1, 0.15) is 12.4 Å². The molecule has 1 aromatic carbocycles. The van der Waals surface area contributed by atoms with Crippen molar-refractivity contribution in [1.82, 2.24) is 0 Å². The van der Waals surface area contributed by atoms with Crippen molar-refractivity contribution < 1.29 is 13.6 Å². The molecule has 0 bridgehead atoms. The van der Waals surface area contributed by atoms with Gasteiger partial charge in [0.25, 0.3) is 0 Å². The summed E-state index contributed by atoms with van der Waals surface area (Å²) in [6.07, 6.45) is 0. The molecule has 1 aromatic rings. The van der Waals surface area contributed by atoms with Crippen LogP contribution in [0.4, 0.5) is 5.69 Å². The summed E-state index contributed by atoms with van der Waals surface area (Å²) >= 11 is 0. The molecule has 1 rings (SSSR count). The Morgan fingerprint density at radius 2 is 2.08 bits per heavy atom. The van der Waals surface area contributed by atoms with E-state index in [9.17, 15) is 0 Å². The van der Waals surface area contributed by atoms with E-state index in [4.69, 9.17) is 14.6 Å². The maximum atomic E-state index is 6.78. The Balaban J connectivity index is 2.23. The number of nitrogens with two attached hydrogens (primary N) is 1. The third kappa shape index (κ3) is 2.80. The highest BCUT2D eigenvalue weighted by Gasteiger charge is 1.91. The van der Waals surface area contributed by atoms with Gasteiger partial charge in [0, 0.05) is 12.7 Å². The third-order valence-electron chi connectivity index (χ3n) is 1.33. The maximum Gasteiger partial charge on any atom is 0.119 e. The Labute approximate surface area is 76.3 Å². The Morgan fingerprint density at radius 1 is 1.33 bits per heavy atom. The van der Waals surface area contributed by atoms with Crippen LogP contribution in [0.25, 0.3) is 0 Å². The van der Waals surface area contributed by atoms with Crippen molar-refractivity contribution in [3.63, 3.8) is 0 Å². The van der Waals surface area contributed by atoms with Gasteiger partial charge in [0.05, 0.1) is 10.7 Å². The largest absolute Gasteiger partial charge is 0.491 e. The second-order valence-electron chi connectivity index (χ2n) is 2.27. The lowest BCUT2D eigenvalue weighted by Gasteiger charge is -2.04. The van der Waals surface area contributed by atoms with E-state index in [2.05, 4.69) is 4.74 Å². The number of methoxy groups -OCH3 is 1. The molecule has 0 aliphatic carbocycles. The molecule has 66 valence electrons. The first kappa shape index (κ1) is 5.43. The predicted molar refractivity (Wildman–Crippen MR) is 48.2 cm³/mol. The molecule has 0 amide bonds. The Kier molecular flexibility index (Phi) is 2.09. The highest BCUT2D eigenvalue weighted by Crippen LogP contribution is 2.12. The standard InChI is InChI=1S/C9H13NO2/c1-11-6-7-12-9-4-2-8(10)3-5-9/h2-5H,6-7,10H2,1H3/i1D3. The lowest BCUT2D eigenvalue weighted by atomic mass is 10.3. The van der Waals surface area contributed by atoms with Crippen LogP contribution in [0.15, 0.2) is 24.3 Å². The third-order valence-corrected chi connectivity index (χ3v) is 1.33. The summed E-state index contributed by atoms with van der Waals surface area (Å²) in [6.45, 7) is 0.225. The molecule has 0 spiro atoms. The second-order valence-corrected chi connectivity index (χ2v) is 2.27. The van der Waals surface area contributed by atoms with E-state index in [1.165, 1.54) is 0 Å². The molecule has 0 radical (unpaired) electrons. The zero-order chi connectivity index (χ0) is 11.3. The lowest BCUT2D eigenvalue weighted by Crippen LogP contribution is -2.03. The summed E-state index contributed by atoms with van der Waals surface area (Å²) in [4.78, 5) is 0. The van der Waals surface area contributed by atoms with Crippen LogP contribution in [0.3, 0.4) is 0 Å². The summed E-state index contributed by atoms with van der Waals surface area (Å²) in [5.74, 6) is 0.637. The summed E-state index contributed by atoms with van der Waals surface area (Å²) in [5, 5.41) is 0. The van der Waals surface area contributed by atoms with Gasteiger partial charge in [0.15, 0.2) is 0 Å². The fourth-order valence-corrected chi connectivity index (χ4v) is 0.765. The monoisotopic (exact) mass is 170 g/mol. The normalized spacial score (nSPS) is 14.5. The molecule has 0 unspecified atom stereocenters. The topological polar surface area (TPSA) is 44.5 Å². The molecule has 3 heteroatoms. The zero-order valence-corrected chi connectivity index (χ0v) is 6.62. The van der Waals surface area contributed by atoms with E-state index >= 15 is 0 Å². The first-order valence-corrected chi connectivity index (χ1v) is 3.60. The number of benzene rings is 1. The molecule has 0 aliphatic heterocycles. The van der Waals surface area contributed by atoms with E-state index in [-0.39, 0.29) is 13.2 Å². The van der Waals surface area contributed by atoms with E-state index in [0.29, 0.717) is 11.4 Å². The van der Waals surface area contributed by atoms with Crippen molar-refractivity contribution in [3.05, 3.63) is 24.3 Å². The average Bonchev–Trinajstić information content (AvgIpc) is 2.14. The zero-order valence-electron chi connectivity index (χ0n) is 9.62. The molecule has 2 N–H and O–H groups in total. The van der Waals surface area contributed by atoms with E-state index in [0.717, 1.165) is 0 Å². The van der Waals surface area contributed by atoms with Gasteiger partial charge in [-0.1, -0.05) is 0 Å². The SMILES string of the molecule is [2H]C([2H])([2H])OCCOc1ccc(N)cc1. The number of anilines is 1. The van der Waals surface area contributed by atoms with Gasteiger partial charge in [0.2, 0.25) is 0 Å². The van der Waals surface area contributed by atoms with Crippen molar-refractivity contribution in [1.29, 1.82) is 0 Å². The molecule has 3 nitrogen and oxygen atoms in total. The molecule has 0 saturated heterocycles. The van der Waals surface area contributed by atoms with Crippen LogP contribution < -0.4 is 10.5 Å². The van der Waals surface area contributed by atoms with Crippen LogP contribution in [0.1, 0.15) is 4.11 Å². The molecule has 0 atom stereocenters. The van der Waals surface area contributed by atoms with E-state index in [1.54, 1.807) is 24.3 Å². The van der Waals surface area contributed by atoms with Crippen molar-refractivity contribution in [2.45, 2.75) is 0 Å². The van der Waals surface area contributed by atoms with Gasteiger partial charge in [-0.2, -0.15) is 0 Å². The van der Waals surface area contributed by atoms with E-state index < -0.39 is 7.04 Å². The summed E-state index contributed by atoms with van der Waals surface area (Å²) in [7, 11) is -2.36. The highest BCUT2D eigenvalue weighted by atomic mass is 16.5. The molecular formula is C9H13NO2. The van der Waals surface area contributed by atoms with Crippen LogP contribution in [0, 0.1) is 0 Å². The van der Waals surface area contributed by atoms with Crippen LogP contribution in [0.5, 0.6) is 5.75 Å². The summed E-state index contributed by atoms with van der Waals surface area (Å²) in [6, 6.07) is 6.84. The number of hydrogen-bond donors (Lipinski definition) is 1. The fourth-order valence-electron chi connectivity index (χ4n) is 0.765. The first-order valence-electron chi connectivity index (χ1n) is 5.10. The second kappa shape index (κ2) is 4.62. The molecule has 0 saturated carbocycles. The molecule has 0 heterocycles. The molecule has 0 aromatic heterocycles. The van der Waals surface area contributed by atoms with Gasteiger partial charge in [-0.3, -0.25) is 0 Å². The maximum absolute atomic E-state index is 6.78. The van der Waals surface area contributed by atoms with Crippen LogP contribution in [-0.2, 0) is 4.74 Å². The van der Waals surface area contributed by atoms with Gasteiger partial charge in [-0.05, 0) is 24.3 Å². The minimum atomic E-state index is -2.36. The van der Waals surface area contributed by atoms with E-state index in [1.807, 2.05) is 0 Å². The van der Waals surface area contributed by atoms with Crippen molar-refractivity contribution in [3.8, 4) is 5.75 Å². The van der Waals surface area contributed by atoms with Gasteiger partial charge < -0.3 is 15.2 Å². The summed E-state index contributed by atoms with van der Waals surface area (Å²) in [5.41, 5.74) is 6.14. The van der Waals surface area contributed by atoms with Crippen LogP contribution in [0.2, 0.25) is 0 Å². The van der Waals surface area contributed by atoms with Crippen molar-refractivity contribution >= 4 is 5.69 Å². The first-order chi connectivity index (χ1) is 6.97. The smallest absolute Gasteiger partial charge is 0.119 e. The average molecular weight is 170 g/mol. The minimum absolute atomic E-state index is 0.0286. The molecule has 12 heavy (non-hydrogen) atoms. The van der Waals surface area contributed by atoms with Crippen molar-refractivity contribution in [2.75, 3.05) is 26.0 Å². The van der Waals surface area contributed by atoms with Crippen LogP contribution >= 0.6 is 0 Å². The number of nitrogen functional groups attached to an aromatic ring is 1. The molecule has 0 aliphatic rings. The van der Waals surface area contributed by atoms with Gasteiger partial charge >= 0.3 is 0 Å². The van der Waals surface area contributed by atoms with Gasteiger partial charge in [-0.25, -0.2) is 0 Å². The number of rotatable bonds is 4. The quantitative estimate of drug-likeness (QED) is 0.547. The number of hydrogen-bond acceptors (Lipinski definition) is 3.